The van der Waals surface area contributed by atoms with Gasteiger partial charge in [0, 0.05) is 21.6 Å². The number of benzene rings is 2. The van der Waals surface area contributed by atoms with Crippen LogP contribution in [0.2, 0.25) is 0 Å². The van der Waals surface area contributed by atoms with Crippen LogP contribution in [-0.4, -0.2) is 6.61 Å². The third-order valence-electron chi connectivity index (χ3n) is 3.07. The first-order valence-corrected chi connectivity index (χ1v) is 7.30. The van der Waals surface area contributed by atoms with Crippen molar-refractivity contribution in [3.63, 3.8) is 0 Å². The van der Waals surface area contributed by atoms with Crippen molar-refractivity contribution in [1.29, 1.82) is 0 Å². The number of halogens is 3. The van der Waals surface area contributed by atoms with Crippen LogP contribution in [-0.2, 0) is 5.92 Å². The number of rotatable bonds is 5. The highest BCUT2D eigenvalue weighted by molar-refractivity contribution is 9.10. The third kappa shape index (κ3) is 4.02. The molecule has 0 saturated carbocycles. The zero-order valence-electron chi connectivity index (χ0n) is 11.5. The molecule has 0 fully saturated rings. The molecule has 2 N–H and O–H groups in total. The van der Waals surface area contributed by atoms with E-state index >= 15 is 0 Å². The van der Waals surface area contributed by atoms with E-state index in [4.69, 9.17) is 10.5 Å². The summed E-state index contributed by atoms with van der Waals surface area (Å²) in [6.07, 6.45) is 0. The maximum absolute atomic E-state index is 14.1. The molecule has 0 bridgehead atoms. The Hall–Kier alpha value is -1.46. The standard InChI is InChI=1S/C16H16BrF2NO/c1-11(20)14-8-7-13(17)9-15(14)21-10-16(18,19)12-5-3-2-4-6-12/h2-9,11H,10,20H2,1H3. The molecule has 2 aromatic rings. The summed E-state index contributed by atoms with van der Waals surface area (Å²) in [5.74, 6) is -2.69. The first-order chi connectivity index (χ1) is 9.90. The van der Waals surface area contributed by atoms with Crippen molar-refractivity contribution in [3.8, 4) is 5.75 Å². The Morgan fingerprint density at radius 2 is 1.86 bits per heavy atom. The summed E-state index contributed by atoms with van der Waals surface area (Å²) in [5.41, 5.74) is 6.46. The minimum absolute atomic E-state index is 0.0673. The normalized spacial score (nSPS) is 13.0. The largest absolute Gasteiger partial charge is 0.487 e. The topological polar surface area (TPSA) is 35.2 Å². The minimum atomic E-state index is -3.06. The predicted molar refractivity (Wildman–Crippen MR) is 82.6 cm³/mol. The second kappa shape index (κ2) is 6.54. The molecule has 2 rings (SSSR count). The smallest absolute Gasteiger partial charge is 0.306 e. The first-order valence-electron chi connectivity index (χ1n) is 6.51. The van der Waals surface area contributed by atoms with Crippen molar-refractivity contribution in [2.45, 2.75) is 18.9 Å². The molecule has 21 heavy (non-hydrogen) atoms. The molecular weight excluding hydrogens is 340 g/mol. The fourth-order valence-electron chi connectivity index (χ4n) is 1.94. The molecule has 0 aromatic heterocycles. The van der Waals surface area contributed by atoms with Gasteiger partial charge >= 0.3 is 5.92 Å². The lowest BCUT2D eigenvalue weighted by atomic mass is 10.1. The Morgan fingerprint density at radius 1 is 1.19 bits per heavy atom. The molecule has 0 aliphatic rings. The molecule has 0 saturated heterocycles. The average molecular weight is 356 g/mol. The molecule has 2 aromatic carbocycles. The van der Waals surface area contributed by atoms with E-state index in [-0.39, 0.29) is 11.6 Å². The Balaban J connectivity index is 2.18. The minimum Gasteiger partial charge on any atom is -0.487 e. The Labute approximate surface area is 131 Å². The zero-order valence-corrected chi connectivity index (χ0v) is 13.1. The van der Waals surface area contributed by atoms with E-state index in [1.807, 2.05) is 0 Å². The van der Waals surface area contributed by atoms with Crippen molar-refractivity contribution in [2.24, 2.45) is 5.73 Å². The van der Waals surface area contributed by atoms with Gasteiger partial charge in [-0.15, -0.1) is 0 Å². The van der Waals surface area contributed by atoms with Gasteiger partial charge in [0.1, 0.15) is 5.75 Å². The van der Waals surface area contributed by atoms with Crippen LogP contribution in [0.1, 0.15) is 24.1 Å². The van der Waals surface area contributed by atoms with Gasteiger partial charge in [0.05, 0.1) is 0 Å². The fraction of sp³-hybridized carbons (Fsp3) is 0.250. The maximum Gasteiger partial charge on any atom is 0.306 e. The molecule has 0 heterocycles. The van der Waals surface area contributed by atoms with Gasteiger partial charge in [-0.05, 0) is 19.1 Å². The predicted octanol–water partition coefficient (Wildman–Crippen LogP) is 4.64. The first kappa shape index (κ1) is 15.9. The molecule has 0 aliphatic carbocycles. The number of hydrogen-bond acceptors (Lipinski definition) is 2. The Kier molecular flexibility index (Phi) is 4.96. The lowest BCUT2D eigenvalue weighted by molar-refractivity contribution is -0.0470. The van der Waals surface area contributed by atoms with E-state index in [0.717, 1.165) is 4.47 Å². The monoisotopic (exact) mass is 355 g/mol. The second-order valence-corrected chi connectivity index (χ2v) is 5.75. The highest BCUT2D eigenvalue weighted by atomic mass is 79.9. The number of nitrogens with two attached hydrogens (primary N) is 1. The van der Waals surface area contributed by atoms with Crippen LogP contribution in [0.25, 0.3) is 0 Å². The van der Waals surface area contributed by atoms with Crippen molar-refractivity contribution in [2.75, 3.05) is 6.61 Å². The van der Waals surface area contributed by atoms with E-state index < -0.39 is 12.5 Å². The summed E-state index contributed by atoms with van der Waals surface area (Å²) < 4.78 is 34.3. The number of ether oxygens (including phenoxy) is 1. The van der Waals surface area contributed by atoms with Gasteiger partial charge < -0.3 is 10.5 Å². The van der Waals surface area contributed by atoms with Gasteiger partial charge in [0.15, 0.2) is 6.61 Å². The summed E-state index contributed by atoms with van der Waals surface area (Å²) in [4.78, 5) is 0. The summed E-state index contributed by atoms with van der Waals surface area (Å²) in [6, 6.07) is 12.6. The van der Waals surface area contributed by atoms with Crippen molar-refractivity contribution in [3.05, 3.63) is 64.1 Å². The summed E-state index contributed by atoms with van der Waals surface area (Å²) >= 11 is 3.30. The average Bonchev–Trinajstić information content (AvgIpc) is 2.46. The highest BCUT2D eigenvalue weighted by Crippen LogP contribution is 2.32. The van der Waals surface area contributed by atoms with Crippen LogP contribution in [0.15, 0.2) is 53.0 Å². The quantitative estimate of drug-likeness (QED) is 0.847. The second-order valence-electron chi connectivity index (χ2n) is 4.83. The van der Waals surface area contributed by atoms with Gasteiger partial charge in [-0.2, -0.15) is 8.78 Å². The van der Waals surface area contributed by atoms with E-state index in [9.17, 15) is 8.78 Å². The number of hydrogen-bond donors (Lipinski definition) is 1. The van der Waals surface area contributed by atoms with Crippen LogP contribution >= 0.6 is 15.9 Å². The molecular formula is C16H16BrF2NO. The van der Waals surface area contributed by atoms with Gasteiger partial charge in [0.2, 0.25) is 0 Å². The van der Waals surface area contributed by atoms with E-state index in [1.165, 1.54) is 12.1 Å². The van der Waals surface area contributed by atoms with Crippen LogP contribution in [0.3, 0.4) is 0 Å². The van der Waals surface area contributed by atoms with Crippen LogP contribution < -0.4 is 10.5 Å². The molecule has 0 spiro atoms. The fourth-order valence-corrected chi connectivity index (χ4v) is 2.28. The van der Waals surface area contributed by atoms with Crippen LogP contribution in [0.4, 0.5) is 8.78 Å². The van der Waals surface area contributed by atoms with Crippen molar-refractivity contribution in [1.82, 2.24) is 0 Å². The van der Waals surface area contributed by atoms with Gasteiger partial charge in [0.25, 0.3) is 0 Å². The van der Waals surface area contributed by atoms with E-state index in [0.29, 0.717) is 11.3 Å². The molecule has 1 atom stereocenters. The summed E-state index contributed by atoms with van der Waals surface area (Å²) in [5, 5.41) is 0. The molecule has 0 aliphatic heterocycles. The zero-order chi connectivity index (χ0) is 15.5. The van der Waals surface area contributed by atoms with Crippen LogP contribution in [0, 0.1) is 0 Å². The number of alkyl halides is 2. The van der Waals surface area contributed by atoms with Gasteiger partial charge in [-0.25, -0.2) is 0 Å². The molecule has 0 radical (unpaired) electrons. The van der Waals surface area contributed by atoms with Crippen molar-refractivity contribution >= 4 is 15.9 Å². The Bertz CT molecular complexity index is 602. The van der Waals surface area contributed by atoms with Crippen molar-refractivity contribution < 1.29 is 13.5 Å². The highest BCUT2D eigenvalue weighted by Gasteiger charge is 2.32. The lowest BCUT2D eigenvalue weighted by Gasteiger charge is -2.20. The molecule has 0 amide bonds. The molecule has 5 heteroatoms. The van der Waals surface area contributed by atoms with Gasteiger partial charge in [-0.1, -0.05) is 52.3 Å². The Morgan fingerprint density at radius 3 is 2.48 bits per heavy atom. The maximum atomic E-state index is 14.1. The van der Waals surface area contributed by atoms with E-state index in [2.05, 4.69) is 15.9 Å². The van der Waals surface area contributed by atoms with Crippen LogP contribution in [0.5, 0.6) is 5.75 Å². The summed E-state index contributed by atoms with van der Waals surface area (Å²) in [7, 11) is 0. The molecule has 1 unspecified atom stereocenters. The summed E-state index contributed by atoms with van der Waals surface area (Å²) in [6.45, 7) is 1.05. The van der Waals surface area contributed by atoms with Gasteiger partial charge in [-0.3, -0.25) is 0 Å². The lowest BCUT2D eigenvalue weighted by Crippen LogP contribution is -2.23. The van der Waals surface area contributed by atoms with E-state index in [1.54, 1.807) is 43.3 Å². The third-order valence-corrected chi connectivity index (χ3v) is 3.56. The molecule has 112 valence electrons. The SMILES string of the molecule is CC(N)c1ccc(Br)cc1OCC(F)(F)c1ccccc1. The molecule has 2 nitrogen and oxygen atoms in total.